The molecule has 1 N–H and O–H groups in total. The monoisotopic (exact) mass is 268 g/mol. The summed E-state index contributed by atoms with van der Waals surface area (Å²) in [7, 11) is 1.30. The summed E-state index contributed by atoms with van der Waals surface area (Å²) in [5.74, 6) is 0.701. The summed E-state index contributed by atoms with van der Waals surface area (Å²) in [5.41, 5.74) is -1.03. The topological polar surface area (TPSA) is 59.7 Å². The first-order valence-corrected chi connectivity index (χ1v) is 6.69. The molecule has 0 unspecified atom stereocenters. The summed E-state index contributed by atoms with van der Waals surface area (Å²) in [4.78, 5) is 11.4. The number of ether oxygens (including phenoxy) is 1. The van der Waals surface area contributed by atoms with Gasteiger partial charge in [-0.1, -0.05) is 27.7 Å². The molecule has 108 valence electrons. The second kappa shape index (κ2) is 6.24. The van der Waals surface area contributed by atoms with E-state index in [9.17, 15) is 9.90 Å². The summed E-state index contributed by atoms with van der Waals surface area (Å²) in [5, 5.41) is 10.8. The van der Waals surface area contributed by atoms with Crippen molar-refractivity contribution in [2.24, 2.45) is 11.8 Å². The zero-order valence-electron chi connectivity index (χ0n) is 12.4. The Morgan fingerprint density at radius 1 is 1.26 bits per heavy atom. The highest BCUT2D eigenvalue weighted by molar-refractivity contribution is 5.86. The maximum Gasteiger partial charge on any atom is 0.373 e. The fourth-order valence-corrected chi connectivity index (χ4v) is 2.43. The minimum absolute atomic E-state index is 0.128. The van der Waals surface area contributed by atoms with Gasteiger partial charge in [-0.3, -0.25) is 0 Å². The average Bonchev–Trinajstić information content (AvgIpc) is 2.75. The molecule has 0 aliphatic heterocycles. The van der Waals surface area contributed by atoms with Gasteiger partial charge in [-0.2, -0.15) is 0 Å². The molecule has 1 aromatic rings. The molecule has 1 aromatic heterocycles. The van der Waals surface area contributed by atoms with Crippen molar-refractivity contribution < 1.29 is 19.1 Å². The van der Waals surface area contributed by atoms with E-state index in [1.54, 1.807) is 12.1 Å². The molecule has 0 bridgehead atoms. The van der Waals surface area contributed by atoms with Crippen molar-refractivity contribution in [2.45, 2.75) is 46.1 Å². The van der Waals surface area contributed by atoms with Crippen LogP contribution in [0.25, 0.3) is 0 Å². The molecule has 19 heavy (non-hydrogen) atoms. The first-order chi connectivity index (χ1) is 8.78. The predicted octanol–water partition coefficient (Wildman–Crippen LogP) is 3.35. The first kappa shape index (κ1) is 15.8. The van der Waals surface area contributed by atoms with Crippen molar-refractivity contribution in [1.82, 2.24) is 0 Å². The zero-order chi connectivity index (χ0) is 14.6. The molecule has 1 heterocycles. The van der Waals surface area contributed by atoms with Crippen LogP contribution in [0.1, 0.15) is 56.9 Å². The average molecular weight is 268 g/mol. The minimum atomic E-state index is -1.03. The number of furan rings is 1. The van der Waals surface area contributed by atoms with E-state index in [2.05, 4.69) is 32.4 Å². The fraction of sp³-hybridized carbons (Fsp3) is 0.667. The van der Waals surface area contributed by atoms with Gasteiger partial charge in [0, 0.05) is 0 Å². The Morgan fingerprint density at radius 3 is 2.21 bits per heavy atom. The lowest BCUT2D eigenvalue weighted by molar-refractivity contribution is -0.0244. The largest absolute Gasteiger partial charge is 0.463 e. The third-order valence-electron chi connectivity index (χ3n) is 2.94. The molecular formula is C15H24O4. The number of methoxy groups -OCH3 is 1. The van der Waals surface area contributed by atoms with Crippen LogP contribution >= 0.6 is 0 Å². The Labute approximate surface area is 114 Å². The number of esters is 1. The van der Waals surface area contributed by atoms with Crippen LogP contribution < -0.4 is 0 Å². The van der Waals surface area contributed by atoms with Crippen LogP contribution in [-0.2, 0) is 10.3 Å². The van der Waals surface area contributed by atoms with Gasteiger partial charge >= 0.3 is 5.97 Å². The molecule has 0 aliphatic carbocycles. The van der Waals surface area contributed by atoms with Gasteiger partial charge in [0.05, 0.1) is 7.11 Å². The second-order valence-corrected chi connectivity index (χ2v) is 5.88. The van der Waals surface area contributed by atoms with Crippen molar-refractivity contribution in [3.63, 3.8) is 0 Å². The standard InChI is InChI=1S/C15H24O4/c1-10(2)8-15(17,9-11(3)4)13-7-6-12(19-13)14(16)18-5/h6-7,10-11,17H,8-9H2,1-5H3. The first-order valence-electron chi connectivity index (χ1n) is 6.69. The molecule has 0 aromatic carbocycles. The highest BCUT2D eigenvalue weighted by Crippen LogP contribution is 2.35. The maximum atomic E-state index is 11.4. The number of carbonyl (C=O) groups excluding carboxylic acids is 1. The molecule has 4 heteroatoms. The maximum absolute atomic E-state index is 11.4. The van der Waals surface area contributed by atoms with E-state index in [1.807, 2.05) is 0 Å². The van der Waals surface area contributed by atoms with Gasteiger partial charge in [0.25, 0.3) is 0 Å². The van der Waals surface area contributed by atoms with Crippen LogP contribution in [-0.4, -0.2) is 18.2 Å². The highest BCUT2D eigenvalue weighted by atomic mass is 16.5. The van der Waals surface area contributed by atoms with Gasteiger partial charge in [-0.15, -0.1) is 0 Å². The van der Waals surface area contributed by atoms with E-state index in [0.717, 1.165) is 0 Å². The summed E-state index contributed by atoms with van der Waals surface area (Å²) >= 11 is 0. The van der Waals surface area contributed by atoms with Gasteiger partial charge in [0.2, 0.25) is 5.76 Å². The van der Waals surface area contributed by atoms with Crippen LogP contribution in [0.2, 0.25) is 0 Å². The predicted molar refractivity (Wildman–Crippen MR) is 72.9 cm³/mol. The third-order valence-corrected chi connectivity index (χ3v) is 2.94. The van der Waals surface area contributed by atoms with Crippen molar-refractivity contribution in [3.05, 3.63) is 23.7 Å². The molecule has 0 fully saturated rings. The van der Waals surface area contributed by atoms with E-state index in [-0.39, 0.29) is 5.76 Å². The molecule has 0 amide bonds. The molecule has 0 spiro atoms. The summed E-state index contributed by atoms with van der Waals surface area (Å²) in [6.07, 6.45) is 1.19. The Balaban J connectivity index is 3.03. The highest BCUT2D eigenvalue weighted by Gasteiger charge is 2.35. The number of hydrogen-bond donors (Lipinski definition) is 1. The van der Waals surface area contributed by atoms with Crippen molar-refractivity contribution in [2.75, 3.05) is 7.11 Å². The van der Waals surface area contributed by atoms with Crippen LogP contribution in [0.5, 0.6) is 0 Å². The third kappa shape index (κ3) is 4.10. The van der Waals surface area contributed by atoms with Crippen LogP contribution in [0, 0.1) is 11.8 Å². The van der Waals surface area contributed by atoms with Gasteiger partial charge in [0.15, 0.2) is 0 Å². The lowest BCUT2D eigenvalue weighted by Crippen LogP contribution is -2.29. The van der Waals surface area contributed by atoms with E-state index in [1.165, 1.54) is 7.11 Å². The van der Waals surface area contributed by atoms with Crippen LogP contribution in [0.3, 0.4) is 0 Å². The molecule has 0 radical (unpaired) electrons. The van der Waals surface area contributed by atoms with Crippen molar-refractivity contribution in [1.29, 1.82) is 0 Å². The van der Waals surface area contributed by atoms with E-state index in [4.69, 9.17) is 4.42 Å². The van der Waals surface area contributed by atoms with E-state index in [0.29, 0.717) is 30.4 Å². The van der Waals surface area contributed by atoms with Gasteiger partial charge in [-0.05, 0) is 36.8 Å². The van der Waals surface area contributed by atoms with Gasteiger partial charge in [0.1, 0.15) is 11.4 Å². The fourth-order valence-electron chi connectivity index (χ4n) is 2.43. The Morgan fingerprint density at radius 2 is 1.79 bits per heavy atom. The van der Waals surface area contributed by atoms with Crippen LogP contribution in [0.4, 0.5) is 0 Å². The number of carbonyl (C=O) groups is 1. The van der Waals surface area contributed by atoms with Crippen molar-refractivity contribution >= 4 is 5.97 Å². The molecule has 0 saturated carbocycles. The Hall–Kier alpha value is -1.29. The van der Waals surface area contributed by atoms with Gasteiger partial charge < -0.3 is 14.3 Å². The van der Waals surface area contributed by atoms with E-state index < -0.39 is 11.6 Å². The summed E-state index contributed by atoms with van der Waals surface area (Å²) in [6.45, 7) is 8.20. The van der Waals surface area contributed by atoms with Gasteiger partial charge in [-0.25, -0.2) is 4.79 Å². The minimum Gasteiger partial charge on any atom is -0.463 e. The van der Waals surface area contributed by atoms with E-state index >= 15 is 0 Å². The summed E-state index contributed by atoms with van der Waals surface area (Å²) in [6, 6.07) is 3.21. The smallest absolute Gasteiger partial charge is 0.373 e. The van der Waals surface area contributed by atoms with Crippen molar-refractivity contribution in [3.8, 4) is 0 Å². The molecule has 0 atom stereocenters. The second-order valence-electron chi connectivity index (χ2n) is 5.88. The summed E-state index contributed by atoms with van der Waals surface area (Å²) < 4.78 is 10.1. The number of hydrogen-bond acceptors (Lipinski definition) is 4. The number of aliphatic hydroxyl groups is 1. The Kier molecular flexibility index (Phi) is 5.18. The molecule has 0 aliphatic rings. The molecule has 0 saturated heterocycles. The zero-order valence-corrected chi connectivity index (χ0v) is 12.4. The molecular weight excluding hydrogens is 244 g/mol. The number of rotatable bonds is 6. The lowest BCUT2D eigenvalue weighted by atomic mass is 9.83. The molecule has 1 rings (SSSR count). The molecule has 4 nitrogen and oxygen atoms in total. The SMILES string of the molecule is COC(=O)c1ccc(C(O)(CC(C)C)CC(C)C)o1. The van der Waals surface area contributed by atoms with Crippen LogP contribution in [0.15, 0.2) is 16.5 Å². The lowest BCUT2D eigenvalue weighted by Gasteiger charge is -2.29. The quantitative estimate of drug-likeness (QED) is 0.804. The normalized spacial score (nSPS) is 12.2. The Bertz CT molecular complexity index is 408.